The largest absolute Gasteiger partial charge is 0.364 e. The SMILES string of the molecule is CC.CC1=CC=NC(c2ccc(C)cc2)N1. The number of hydrogen-bond donors (Lipinski definition) is 1. The molecule has 16 heavy (non-hydrogen) atoms. The first-order chi connectivity index (χ1) is 7.75. The Hall–Kier alpha value is -1.57. The molecule has 0 saturated heterocycles. The van der Waals surface area contributed by atoms with Crippen molar-refractivity contribution in [1.82, 2.24) is 5.32 Å². The van der Waals surface area contributed by atoms with Gasteiger partial charge < -0.3 is 5.32 Å². The Morgan fingerprint density at radius 2 is 1.69 bits per heavy atom. The Morgan fingerprint density at radius 3 is 2.25 bits per heavy atom. The zero-order chi connectivity index (χ0) is 12.0. The number of aryl methyl sites for hydroxylation is 1. The molecule has 0 bridgehead atoms. The van der Waals surface area contributed by atoms with Gasteiger partial charge in [-0.2, -0.15) is 0 Å². The van der Waals surface area contributed by atoms with Gasteiger partial charge >= 0.3 is 0 Å². The van der Waals surface area contributed by atoms with Crippen LogP contribution < -0.4 is 5.32 Å². The molecule has 2 heteroatoms. The molecule has 86 valence electrons. The van der Waals surface area contributed by atoms with Crippen LogP contribution in [0.1, 0.15) is 38.1 Å². The summed E-state index contributed by atoms with van der Waals surface area (Å²) in [4.78, 5) is 4.37. The van der Waals surface area contributed by atoms with Crippen molar-refractivity contribution in [2.75, 3.05) is 0 Å². The lowest BCUT2D eigenvalue weighted by molar-refractivity contribution is 0.623. The fourth-order valence-corrected chi connectivity index (χ4v) is 1.46. The van der Waals surface area contributed by atoms with Gasteiger partial charge in [0.2, 0.25) is 0 Å². The second-order valence-corrected chi connectivity index (χ2v) is 3.61. The second-order valence-electron chi connectivity index (χ2n) is 3.61. The van der Waals surface area contributed by atoms with Crippen LogP contribution in [0.2, 0.25) is 0 Å². The quantitative estimate of drug-likeness (QED) is 0.762. The molecule has 0 aliphatic carbocycles. The van der Waals surface area contributed by atoms with Crippen LogP contribution in [0, 0.1) is 6.92 Å². The van der Waals surface area contributed by atoms with Gasteiger partial charge in [0.1, 0.15) is 6.17 Å². The van der Waals surface area contributed by atoms with Gasteiger partial charge in [0.25, 0.3) is 0 Å². The van der Waals surface area contributed by atoms with Crippen LogP contribution in [0.3, 0.4) is 0 Å². The van der Waals surface area contributed by atoms with Gasteiger partial charge in [-0.1, -0.05) is 43.7 Å². The molecular formula is C14H20N2. The summed E-state index contributed by atoms with van der Waals surface area (Å²) in [6, 6.07) is 8.45. The molecule has 0 aromatic heterocycles. The molecule has 0 fully saturated rings. The third kappa shape index (κ3) is 3.23. The molecule has 0 amide bonds. The van der Waals surface area contributed by atoms with E-state index in [4.69, 9.17) is 0 Å². The molecule has 0 spiro atoms. The lowest BCUT2D eigenvalue weighted by Crippen LogP contribution is -2.20. The van der Waals surface area contributed by atoms with Crippen molar-refractivity contribution in [3.8, 4) is 0 Å². The van der Waals surface area contributed by atoms with Crippen molar-refractivity contribution in [2.45, 2.75) is 33.9 Å². The molecule has 1 aromatic carbocycles. The number of hydrogen-bond acceptors (Lipinski definition) is 2. The number of allylic oxidation sites excluding steroid dienone is 2. The number of aliphatic imine (C=N–C) groups is 1. The van der Waals surface area contributed by atoms with Gasteiger partial charge in [-0.3, -0.25) is 4.99 Å². The molecule has 1 aliphatic heterocycles. The summed E-state index contributed by atoms with van der Waals surface area (Å²) >= 11 is 0. The van der Waals surface area contributed by atoms with E-state index in [1.165, 1.54) is 11.1 Å². The van der Waals surface area contributed by atoms with E-state index >= 15 is 0 Å². The van der Waals surface area contributed by atoms with Crippen molar-refractivity contribution in [1.29, 1.82) is 0 Å². The van der Waals surface area contributed by atoms with Crippen LogP contribution in [0.5, 0.6) is 0 Å². The Bertz CT molecular complexity index is 374. The van der Waals surface area contributed by atoms with E-state index in [2.05, 4.69) is 41.5 Å². The first-order valence-electron chi connectivity index (χ1n) is 5.79. The van der Waals surface area contributed by atoms with Crippen molar-refractivity contribution in [3.63, 3.8) is 0 Å². The lowest BCUT2D eigenvalue weighted by Gasteiger charge is -2.19. The van der Waals surface area contributed by atoms with E-state index in [1.54, 1.807) is 0 Å². The molecule has 2 rings (SSSR count). The van der Waals surface area contributed by atoms with Crippen LogP contribution in [0.25, 0.3) is 0 Å². The monoisotopic (exact) mass is 216 g/mol. The normalized spacial score (nSPS) is 18.0. The van der Waals surface area contributed by atoms with Gasteiger partial charge in [-0.25, -0.2) is 0 Å². The first-order valence-corrected chi connectivity index (χ1v) is 5.79. The summed E-state index contributed by atoms with van der Waals surface area (Å²) in [5.74, 6) is 0. The third-order valence-electron chi connectivity index (χ3n) is 2.32. The maximum atomic E-state index is 4.37. The van der Waals surface area contributed by atoms with Crippen molar-refractivity contribution in [3.05, 3.63) is 47.2 Å². The third-order valence-corrected chi connectivity index (χ3v) is 2.32. The highest BCUT2D eigenvalue weighted by Crippen LogP contribution is 2.18. The zero-order valence-electron chi connectivity index (χ0n) is 10.5. The fourth-order valence-electron chi connectivity index (χ4n) is 1.46. The van der Waals surface area contributed by atoms with E-state index in [9.17, 15) is 0 Å². The number of nitrogens with zero attached hydrogens (tertiary/aromatic N) is 1. The average molecular weight is 216 g/mol. The predicted molar refractivity (Wildman–Crippen MR) is 70.7 cm³/mol. The van der Waals surface area contributed by atoms with Gasteiger partial charge in [-0.05, 0) is 25.5 Å². The average Bonchev–Trinajstić information content (AvgIpc) is 2.32. The van der Waals surface area contributed by atoms with Crippen LogP contribution >= 0.6 is 0 Å². The number of nitrogens with one attached hydrogen (secondary N) is 1. The predicted octanol–water partition coefficient (Wildman–Crippen LogP) is 3.60. The lowest BCUT2D eigenvalue weighted by atomic mass is 10.1. The van der Waals surface area contributed by atoms with E-state index in [0.29, 0.717) is 0 Å². The minimum atomic E-state index is 0.0839. The highest BCUT2D eigenvalue weighted by Gasteiger charge is 2.09. The Balaban J connectivity index is 0.000000606. The highest BCUT2D eigenvalue weighted by atomic mass is 15.1. The smallest absolute Gasteiger partial charge is 0.144 e. The molecule has 1 aromatic rings. The molecule has 1 aliphatic rings. The Labute approximate surface area is 98.1 Å². The summed E-state index contributed by atoms with van der Waals surface area (Å²) < 4.78 is 0. The molecule has 1 N–H and O–H groups in total. The van der Waals surface area contributed by atoms with Crippen molar-refractivity contribution < 1.29 is 0 Å². The molecule has 1 unspecified atom stereocenters. The van der Waals surface area contributed by atoms with Crippen LogP contribution in [0.15, 0.2) is 41.0 Å². The van der Waals surface area contributed by atoms with E-state index in [-0.39, 0.29) is 6.17 Å². The summed E-state index contributed by atoms with van der Waals surface area (Å²) in [7, 11) is 0. The fraction of sp³-hybridized carbons (Fsp3) is 0.357. The summed E-state index contributed by atoms with van der Waals surface area (Å²) in [6.07, 6.45) is 3.92. The minimum Gasteiger partial charge on any atom is -0.364 e. The molecule has 2 nitrogen and oxygen atoms in total. The maximum absolute atomic E-state index is 4.37. The van der Waals surface area contributed by atoms with Gasteiger partial charge in [0, 0.05) is 11.9 Å². The number of benzene rings is 1. The van der Waals surface area contributed by atoms with E-state index < -0.39 is 0 Å². The Morgan fingerprint density at radius 1 is 1.06 bits per heavy atom. The van der Waals surface area contributed by atoms with Gasteiger partial charge in [0.15, 0.2) is 0 Å². The summed E-state index contributed by atoms with van der Waals surface area (Å²) in [5, 5.41) is 3.32. The number of rotatable bonds is 1. The molecular weight excluding hydrogens is 196 g/mol. The first kappa shape index (κ1) is 12.5. The molecule has 0 radical (unpaired) electrons. The van der Waals surface area contributed by atoms with Crippen LogP contribution in [0.4, 0.5) is 0 Å². The Kier molecular flexibility index (Phi) is 4.77. The molecule has 0 saturated carbocycles. The van der Waals surface area contributed by atoms with Crippen molar-refractivity contribution >= 4 is 6.21 Å². The highest BCUT2D eigenvalue weighted by molar-refractivity contribution is 5.73. The van der Waals surface area contributed by atoms with Crippen molar-refractivity contribution in [2.24, 2.45) is 4.99 Å². The van der Waals surface area contributed by atoms with Crippen LogP contribution in [-0.4, -0.2) is 6.21 Å². The second kappa shape index (κ2) is 6.11. The van der Waals surface area contributed by atoms with Gasteiger partial charge in [-0.15, -0.1) is 0 Å². The molecule has 1 atom stereocenters. The maximum Gasteiger partial charge on any atom is 0.144 e. The van der Waals surface area contributed by atoms with Gasteiger partial charge in [0.05, 0.1) is 0 Å². The topological polar surface area (TPSA) is 24.4 Å². The van der Waals surface area contributed by atoms with E-state index in [0.717, 1.165) is 5.70 Å². The summed E-state index contributed by atoms with van der Waals surface area (Å²) in [5.41, 5.74) is 3.64. The minimum absolute atomic E-state index is 0.0839. The standard InChI is InChI=1S/C12H14N2.C2H6/c1-9-3-5-11(6-4-9)12-13-8-7-10(2)14-12;1-2/h3-8,12,14H,1-2H3;1-2H3. The zero-order valence-corrected chi connectivity index (χ0v) is 10.5. The summed E-state index contributed by atoms with van der Waals surface area (Å²) in [6.45, 7) is 8.14. The molecule has 1 heterocycles. The van der Waals surface area contributed by atoms with E-state index in [1.807, 2.05) is 33.1 Å². The van der Waals surface area contributed by atoms with Crippen LogP contribution in [-0.2, 0) is 0 Å².